The summed E-state index contributed by atoms with van der Waals surface area (Å²) >= 11 is 0. The molecule has 0 spiro atoms. The molecule has 0 unspecified atom stereocenters. The van der Waals surface area contributed by atoms with Gasteiger partial charge in [0.1, 0.15) is 0 Å². The van der Waals surface area contributed by atoms with Crippen LogP contribution in [0.1, 0.15) is 6.42 Å². The van der Waals surface area contributed by atoms with E-state index in [2.05, 4.69) is 0 Å². The van der Waals surface area contributed by atoms with Gasteiger partial charge in [-0.1, -0.05) is 18.2 Å². The maximum absolute atomic E-state index is 10.7. The molecule has 1 rings (SSSR count). The van der Waals surface area contributed by atoms with Gasteiger partial charge in [-0.25, -0.2) is 8.42 Å². The molecule has 0 aliphatic heterocycles. The predicted octanol–water partition coefficient (Wildman–Crippen LogP) is 0.917. The van der Waals surface area contributed by atoms with Gasteiger partial charge in [0.25, 0.3) is 0 Å². The summed E-state index contributed by atoms with van der Waals surface area (Å²) in [4.78, 5) is 0. The van der Waals surface area contributed by atoms with Crippen molar-refractivity contribution in [1.82, 2.24) is 0 Å². The van der Waals surface area contributed by atoms with Gasteiger partial charge in [0, 0.05) is 6.26 Å². The highest BCUT2D eigenvalue weighted by atomic mass is 32.2. The fourth-order valence-corrected chi connectivity index (χ4v) is 1.74. The largest absolute Gasteiger partial charge is 0.229 e. The zero-order chi connectivity index (χ0) is 7.61. The Morgan fingerprint density at radius 2 is 2.30 bits per heavy atom. The number of rotatable bonds is 2. The summed E-state index contributed by atoms with van der Waals surface area (Å²) in [5.41, 5.74) is 0.919. The Bertz CT molecular complexity index is 270. The van der Waals surface area contributed by atoms with Crippen LogP contribution in [0.15, 0.2) is 23.8 Å². The summed E-state index contributed by atoms with van der Waals surface area (Å²) in [7, 11) is -2.83. The lowest BCUT2D eigenvalue weighted by Gasteiger charge is -1.94. The molecule has 0 atom stereocenters. The summed E-state index contributed by atoms with van der Waals surface area (Å²) in [6.45, 7) is 0. The summed E-state index contributed by atoms with van der Waals surface area (Å²) in [6, 6.07) is 0. The molecule has 2 nitrogen and oxygen atoms in total. The maximum Gasteiger partial charge on any atom is 0.151 e. The molecule has 0 N–H and O–H groups in total. The molecule has 3 heteroatoms. The fraction of sp³-hybridized carbons (Fsp3) is 0.429. The van der Waals surface area contributed by atoms with Crippen molar-refractivity contribution in [3.05, 3.63) is 23.8 Å². The normalized spacial score (nSPS) is 17.5. The van der Waals surface area contributed by atoms with Crippen LogP contribution < -0.4 is 0 Å². The molecular weight excluding hydrogens is 148 g/mol. The lowest BCUT2D eigenvalue weighted by Crippen LogP contribution is -2.03. The Hall–Kier alpha value is -0.570. The van der Waals surface area contributed by atoms with E-state index in [1.807, 2.05) is 18.2 Å². The van der Waals surface area contributed by atoms with E-state index < -0.39 is 9.84 Å². The van der Waals surface area contributed by atoms with Crippen molar-refractivity contribution in [2.75, 3.05) is 12.0 Å². The van der Waals surface area contributed by atoms with Gasteiger partial charge < -0.3 is 0 Å². The third kappa shape index (κ3) is 2.35. The van der Waals surface area contributed by atoms with E-state index >= 15 is 0 Å². The van der Waals surface area contributed by atoms with Crippen molar-refractivity contribution < 1.29 is 8.42 Å². The lowest BCUT2D eigenvalue weighted by molar-refractivity contribution is 0.604. The number of sulfone groups is 1. The van der Waals surface area contributed by atoms with Crippen LogP contribution in [-0.4, -0.2) is 20.4 Å². The molecule has 0 aromatic rings. The Balaban J connectivity index is 2.63. The number of hydrogen-bond donors (Lipinski definition) is 0. The van der Waals surface area contributed by atoms with Gasteiger partial charge in [0.05, 0.1) is 5.75 Å². The molecule has 0 saturated heterocycles. The summed E-state index contributed by atoms with van der Waals surface area (Å²) in [5.74, 6) is 0.184. The molecule has 0 aromatic carbocycles. The molecule has 56 valence electrons. The van der Waals surface area contributed by atoms with Crippen molar-refractivity contribution in [1.29, 1.82) is 0 Å². The zero-order valence-corrected chi connectivity index (χ0v) is 6.69. The first-order valence-electron chi connectivity index (χ1n) is 3.11. The molecule has 0 amide bonds. The zero-order valence-electron chi connectivity index (χ0n) is 5.87. The van der Waals surface area contributed by atoms with Gasteiger partial charge in [0.2, 0.25) is 0 Å². The molecule has 0 saturated carbocycles. The second-order valence-electron chi connectivity index (χ2n) is 2.49. The molecule has 1 aliphatic rings. The van der Waals surface area contributed by atoms with Crippen LogP contribution >= 0.6 is 0 Å². The van der Waals surface area contributed by atoms with Crippen molar-refractivity contribution in [3.63, 3.8) is 0 Å². The van der Waals surface area contributed by atoms with Gasteiger partial charge in [-0.15, -0.1) is 0 Å². The molecule has 0 radical (unpaired) electrons. The maximum atomic E-state index is 10.7. The van der Waals surface area contributed by atoms with E-state index in [1.54, 1.807) is 0 Å². The van der Waals surface area contributed by atoms with E-state index in [4.69, 9.17) is 0 Å². The van der Waals surface area contributed by atoms with E-state index in [0.29, 0.717) is 0 Å². The van der Waals surface area contributed by atoms with Gasteiger partial charge in [0.15, 0.2) is 9.84 Å². The Labute approximate surface area is 61.2 Å². The molecule has 1 aliphatic carbocycles. The topological polar surface area (TPSA) is 34.1 Å². The first-order valence-corrected chi connectivity index (χ1v) is 5.17. The average molecular weight is 158 g/mol. The quantitative estimate of drug-likeness (QED) is 0.598. The molecule has 10 heavy (non-hydrogen) atoms. The van der Waals surface area contributed by atoms with Gasteiger partial charge in [-0.2, -0.15) is 0 Å². The highest BCUT2D eigenvalue weighted by Gasteiger charge is 2.05. The molecule has 0 aromatic heterocycles. The first-order chi connectivity index (χ1) is 4.58. The third-order valence-electron chi connectivity index (χ3n) is 1.28. The van der Waals surface area contributed by atoms with Crippen molar-refractivity contribution in [2.45, 2.75) is 6.42 Å². The lowest BCUT2D eigenvalue weighted by atomic mass is 10.3. The number of hydrogen-bond acceptors (Lipinski definition) is 2. The smallest absolute Gasteiger partial charge is 0.151 e. The average Bonchev–Trinajstić information content (AvgIpc) is 2.12. The van der Waals surface area contributed by atoms with Crippen LogP contribution in [0.2, 0.25) is 0 Å². The van der Waals surface area contributed by atoms with Crippen LogP contribution in [0.4, 0.5) is 0 Å². The summed E-state index contributed by atoms with van der Waals surface area (Å²) in [6.07, 6.45) is 7.88. The van der Waals surface area contributed by atoms with Gasteiger partial charge in [-0.3, -0.25) is 0 Å². The minimum Gasteiger partial charge on any atom is -0.229 e. The second-order valence-corrected chi connectivity index (χ2v) is 4.63. The van der Waals surface area contributed by atoms with Crippen LogP contribution in [0.5, 0.6) is 0 Å². The minimum absolute atomic E-state index is 0.184. The van der Waals surface area contributed by atoms with E-state index in [1.165, 1.54) is 6.26 Å². The Morgan fingerprint density at radius 1 is 1.60 bits per heavy atom. The second kappa shape index (κ2) is 2.58. The third-order valence-corrected chi connectivity index (χ3v) is 2.13. The van der Waals surface area contributed by atoms with E-state index in [9.17, 15) is 8.42 Å². The van der Waals surface area contributed by atoms with Crippen LogP contribution in [0, 0.1) is 0 Å². The summed E-state index contributed by atoms with van der Waals surface area (Å²) < 4.78 is 21.4. The summed E-state index contributed by atoms with van der Waals surface area (Å²) in [5, 5.41) is 0. The SMILES string of the molecule is CS(=O)(=O)CC1=CCC=C1. The van der Waals surface area contributed by atoms with E-state index in [-0.39, 0.29) is 5.75 Å². The van der Waals surface area contributed by atoms with E-state index in [0.717, 1.165) is 12.0 Å². The minimum atomic E-state index is -2.83. The highest BCUT2D eigenvalue weighted by Crippen LogP contribution is 2.09. The van der Waals surface area contributed by atoms with Crippen LogP contribution in [0.25, 0.3) is 0 Å². The molecule has 0 heterocycles. The molecule has 0 bridgehead atoms. The molecule has 0 fully saturated rings. The fourth-order valence-electron chi connectivity index (χ4n) is 0.917. The predicted molar refractivity (Wildman–Crippen MR) is 41.6 cm³/mol. The molecular formula is C7H10O2S. The number of allylic oxidation sites excluding steroid dienone is 3. The highest BCUT2D eigenvalue weighted by molar-refractivity contribution is 7.90. The standard InChI is InChI=1S/C7H10O2S/c1-10(8,9)6-7-4-2-3-5-7/h2,4-5H,3,6H2,1H3. The van der Waals surface area contributed by atoms with Crippen molar-refractivity contribution in [3.8, 4) is 0 Å². The van der Waals surface area contributed by atoms with Crippen LogP contribution in [-0.2, 0) is 9.84 Å². The van der Waals surface area contributed by atoms with Crippen molar-refractivity contribution in [2.24, 2.45) is 0 Å². The monoisotopic (exact) mass is 158 g/mol. The first kappa shape index (κ1) is 7.54. The van der Waals surface area contributed by atoms with Crippen LogP contribution in [0.3, 0.4) is 0 Å². The van der Waals surface area contributed by atoms with Gasteiger partial charge in [-0.05, 0) is 12.0 Å². The van der Waals surface area contributed by atoms with Gasteiger partial charge >= 0.3 is 0 Å². The Kier molecular flexibility index (Phi) is 1.94. The van der Waals surface area contributed by atoms with Crippen molar-refractivity contribution >= 4 is 9.84 Å². The Morgan fingerprint density at radius 3 is 2.70 bits per heavy atom.